The fraction of sp³-hybridized carbons (Fsp3) is 0.538. The van der Waals surface area contributed by atoms with Gasteiger partial charge in [0.1, 0.15) is 0 Å². The third-order valence-corrected chi connectivity index (χ3v) is 4.82. The van der Waals surface area contributed by atoms with E-state index in [0.717, 1.165) is 6.54 Å². The van der Waals surface area contributed by atoms with Gasteiger partial charge in [-0.25, -0.2) is 8.42 Å². The van der Waals surface area contributed by atoms with Crippen LogP contribution in [0, 0.1) is 0 Å². The molecule has 0 aromatic heterocycles. The van der Waals surface area contributed by atoms with Crippen molar-refractivity contribution in [3.05, 3.63) is 24.3 Å². The quantitative estimate of drug-likeness (QED) is 0.839. The van der Waals surface area contributed by atoms with Crippen LogP contribution in [0.3, 0.4) is 0 Å². The monoisotopic (exact) mass is 304 g/mol. The molecule has 0 saturated heterocycles. The van der Waals surface area contributed by atoms with Crippen LogP contribution >= 0.6 is 0 Å². The first kappa shape index (κ1) is 15.2. The fourth-order valence-corrected chi connectivity index (χ4v) is 2.93. The maximum absolute atomic E-state index is 12.6. The van der Waals surface area contributed by atoms with Crippen LogP contribution in [0.15, 0.2) is 29.2 Å². The van der Waals surface area contributed by atoms with E-state index in [9.17, 15) is 17.2 Å². The van der Waals surface area contributed by atoms with Gasteiger partial charge in [-0.3, -0.25) is 0 Å². The second kappa shape index (κ2) is 6.05. The first-order valence-corrected chi connectivity index (χ1v) is 8.02. The summed E-state index contributed by atoms with van der Waals surface area (Å²) < 4.78 is 48.4. The molecule has 0 spiro atoms. The fourth-order valence-electron chi connectivity index (χ4n) is 2.02. The number of anilines is 1. The molecule has 7 heteroatoms. The smallest absolute Gasteiger partial charge is 0.341 e. The number of halogens is 2. The van der Waals surface area contributed by atoms with Crippen LogP contribution in [-0.4, -0.2) is 45.3 Å². The van der Waals surface area contributed by atoms with Gasteiger partial charge in [0.2, 0.25) is 9.84 Å². The Morgan fingerprint density at radius 2 is 2.00 bits per heavy atom. The molecule has 0 aliphatic heterocycles. The average Bonchev–Trinajstić information content (AvgIpc) is 3.23. The van der Waals surface area contributed by atoms with Crippen LogP contribution in [0.4, 0.5) is 14.5 Å². The van der Waals surface area contributed by atoms with Gasteiger partial charge < -0.3 is 10.2 Å². The average molecular weight is 304 g/mol. The molecule has 1 fully saturated rings. The number of para-hydroxylation sites is 1. The Morgan fingerprint density at radius 1 is 1.35 bits per heavy atom. The summed E-state index contributed by atoms with van der Waals surface area (Å²) in [4.78, 5) is 1.83. The van der Waals surface area contributed by atoms with Crippen molar-refractivity contribution in [1.29, 1.82) is 0 Å². The Morgan fingerprint density at radius 3 is 2.60 bits per heavy atom. The van der Waals surface area contributed by atoms with Crippen molar-refractivity contribution in [1.82, 2.24) is 4.90 Å². The largest absolute Gasteiger partial charge is 0.383 e. The van der Waals surface area contributed by atoms with Gasteiger partial charge in [0, 0.05) is 19.1 Å². The van der Waals surface area contributed by atoms with Crippen molar-refractivity contribution in [3.63, 3.8) is 0 Å². The van der Waals surface area contributed by atoms with Crippen molar-refractivity contribution in [2.75, 3.05) is 25.5 Å². The highest BCUT2D eigenvalue weighted by atomic mass is 32.2. The summed E-state index contributed by atoms with van der Waals surface area (Å²) in [6.45, 7) is 1.26. The molecule has 1 saturated carbocycles. The molecule has 0 bridgehead atoms. The number of hydrogen-bond donors (Lipinski definition) is 1. The van der Waals surface area contributed by atoms with E-state index in [2.05, 4.69) is 10.2 Å². The summed E-state index contributed by atoms with van der Waals surface area (Å²) in [5.74, 6) is -3.40. The third kappa shape index (κ3) is 3.46. The van der Waals surface area contributed by atoms with Crippen LogP contribution in [0.1, 0.15) is 12.8 Å². The molecule has 0 heterocycles. The lowest BCUT2D eigenvalue weighted by Gasteiger charge is -2.17. The van der Waals surface area contributed by atoms with E-state index in [-0.39, 0.29) is 10.6 Å². The number of sulfone groups is 1. The molecule has 1 aromatic carbocycles. The van der Waals surface area contributed by atoms with E-state index in [1.807, 2.05) is 7.05 Å². The molecule has 112 valence electrons. The Bertz CT molecular complexity index is 559. The SMILES string of the molecule is CN(CCNc1ccccc1S(=O)(=O)C(F)F)C1CC1. The van der Waals surface area contributed by atoms with E-state index in [1.54, 1.807) is 6.07 Å². The summed E-state index contributed by atoms with van der Waals surface area (Å²) in [5, 5.41) is 2.93. The van der Waals surface area contributed by atoms with Crippen LogP contribution < -0.4 is 5.32 Å². The number of nitrogens with zero attached hydrogens (tertiary/aromatic N) is 1. The minimum absolute atomic E-state index is 0.233. The highest BCUT2D eigenvalue weighted by Gasteiger charge is 2.29. The Labute approximate surface area is 117 Å². The minimum atomic E-state index is -4.57. The molecule has 20 heavy (non-hydrogen) atoms. The van der Waals surface area contributed by atoms with Crippen molar-refractivity contribution >= 4 is 15.5 Å². The molecule has 0 radical (unpaired) electrons. The lowest BCUT2D eigenvalue weighted by Crippen LogP contribution is -2.27. The second-order valence-electron chi connectivity index (χ2n) is 4.94. The molecule has 4 nitrogen and oxygen atoms in total. The third-order valence-electron chi connectivity index (χ3n) is 3.38. The summed E-state index contributed by atoms with van der Waals surface area (Å²) in [5.41, 5.74) is 0.233. The predicted molar refractivity (Wildman–Crippen MR) is 73.8 cm³/mol. The number of likely N-dealkylation sites (N-methyl/N-ethyl adjacent to an activating group) is 1. The number of benzene rings is 1. The Hall–Kier alpha value is -1.21. The Kier molecular flexibility index (Phi) is 4.59. The molecule has 1 aromatic rings. The van der Waals surface area contributed by atoms with Crippen molar-refractivity contribution in [2.24, 2.45) is 0 Å². The van der Waals surface area contributed by atoms with Gasteiger partial charge in [0.25, 0.3) is 0 Å². The second-order valence-corrected chi connectivity index (χ2v) is 6.83. The van der Waals surface area contributed by atoms with Gasteiger partial charge in [-0.05, 0) is 32.0 Å². The summed E-state index contributed by atoms with van der Waals surface area (Å²) in [7, 11) is -2.57. The van der Waals surface area contributed by atoms with E-state index < -0.39 is 15.6 Å². The van der Waals surface area contributed by atoms with E-state index >= 15 is 0 Å². The topological polar surface area (TPSA) is 49.4 Å². The number of hydrogen-bond acceptors (Lipinski definition) is 4. The van der Waals surface area contributed by atoms with Gasteiger partial charge in [-0.15, -0.1) is 0 Å². The van der Waals surface area contributed by atoms with Gasteiger partial charge in [0.05, 0.1) is 10.6 Å². The molecule has 1 N–H and O–H groups in total. The van der Waals surface area contributed by atoms with Gasteiger partial charge >= 0.3 is 5.76 Å². The van der Waals surface area contributed by atoms with Crippen molar-refractivity contribution in [2.45, 2.75) is 29.5 Å². The maximum Gasteiger partial charge on any atom is 0.341 e. The van der Waals surface area contributed by atoms with Crippen molar-refractivity contribution < 1.29 is 17.2 Å². The van der Waals surface area contributed by atoms with Gasteiger partial charge in [-0.2, -0.15) is 8.78 Å². The maximum atomic E-state index is 12.6. The number of alkyl halides is 2. The summed E-state index contributed by atoms with van der Waals surface area (Å²) >= 11 is 0. The molecular weight excluding hydrogens is 286 g/mol. The zero-order chi connectivity index (χ0) is 14.8. The van der Waals surface area contributed by atoms with Crippen LogP contribution in [0.2, 0.25) is 0 Å². The van der Waals surface area contributed by atoms with E-state index in [1.165, 1.54) is 31.0 Å². The highest BCUT2D eigenvalue weighted by Crippen LogP contribution is 2.27. The Balaban J connectivity index is 2.04. The number of rotatable bonds is 7. The summed E-state index contributed by atoms with van der Waals surface area (Å²) in [6, 6.07) is 6.38. The lowest BCUT2D eigenvalue weighted by atomic mass is 10.3. The molecule has 1 aliphatic carbocycles. The first-order valence-electron chi connectivity index (χ1n) is 6.48. The van der Waals surface area contributed by atoms with Crippen LogP contribution in [0.25, 0.3) is 0 Å². The van der Waals surface area contributed by atoms with Crippen molar-refractivity contribution in [3.8, 4) is 0 Å². The molecular formula is C13H18F2N2O2S. The highest BCUT2D eigenvalue weighted by molar-refractivity contribution is 7.91. The molecule has 1 aliphatic rings. The zero-order valence-corrected chi connectivity index (χ0v) is 12.0. The van der Waals surface area contributed by atoms with Crippen LogP contribution in [0.5, 0.6) is 0 Å². The molecule has 0 amide bonds. The summed E-state index contributed by atoms with van der Waals surface area (Å²) in [6.07, 6.45) is 2.37. The van der Waals surface area contributed by atoms with Gasteiger partial charge in [0.15, 0.2) is 0 Å². The van der Waals surface area contributed by atoms with Gasteiger partial charge in [-0.1, -0.05) is 12.1 Å². The minimum Gasteiger partial charge on any atom is -0.383 e. The predicted octanol–water partition coefficient (Wildman–Crippen LogP) is 2.19. The molecule has 2 rings (SSSR count). The normalized spacial score (nSPS) is 15.8. The standard InChI is InChI=1S/C13H18F2N2O2S/c1-17(10-6-7-10)9-8-16-11-4-2-3-5-12(11)20(18,19)13(14)15/h2-5,10,13,16H,6-9H2,1H3. The zero-order valence-electron chi connectivity index (χ0n) is 11.2. The lowest BCUT2D eigenvalue weighted by molar-refractivity contribution is 0.235. The molecule has 0 unspecified atom stereocenters. The molecule has 0 atom stereocenters. The first-order chi connectivity index (χ1) is 9.43. The van der Waals surface area contributed by atoms with E-state index in [4.69, 9.17) is 0 Å². The van der Waals surface area contributed by atoms with Crippen LogP contribution in [-0.2, 0) is 9.84 Å². The number of nitrogens with one attached hydrogen (secondary N) is 1. The van der Waals surface area contributed by atoms with E-state index in [0.29, 0.717) is 12.6 Å².